The standard InChI is InChI=1S/C20H22N4O4/c1-12-19(26)24(14-4-3-5-15(10-14)28-2)9-8-23(12)20(27)16-11-21-17(13-6-7-13)22-18(16)25/h3-5,10-13H,6-9H2,1-2H3,(H,21,22,25). The van der Waals surface area contributed by atoms with E-state index in [1.165, 1.54) is 11.1 Å². The van der Waals surface area contributed by atoms with Gasteiger partial charge in [0.1, 0.15) is 23.2 Å². The molecule has 1 saturated carbocycles. The summed E-state index contributed by atoms with van der Waals surface area (Å²) < 4.78 is 5.22. The van der Waals surface area contributed by atoms with E-state index >= 15 is 0 Å². The third-order valence-corrected chi connectivity index (χ3v) is 5.29. The number of rotatable bonds is 4. The van der Waals surface area contributed by atoms with E-state index in [1.54, 1.807) is 25.0 Å². The van der Waals surface area contributed by atoms with Crippen LogP contribution in [0.5, 0.6) is 5.75 Å². The average molecular weight is 382 g/mol. The number of benzene rings is 1. The van der Waals surface area contributed by atoms with E-state index in [1.807, 2.05) is 18.2 Å². The third kappa shape index (κ3) is 3.26. The lowest BCUT2D eigenvalue weighted by Crippen LogP contribution is -2.58. The molecule has 1 atom stereocenters. The maximum absolute atomic E-state index is 12.9. The molecule has 1 N–H and O–H groups in total. The Morgan fingerprint density at radius 3 is 2.71 bits per heavy atom. The van der Waals surface area contributed by atoms with Gasteiger partial charge in [0.2, 0.25) is 5.91 Å². The van der Waals surface area contributed by atoms with Crippen molar-refractivity contribution in [2.75, 3.05) is 25.1 Å². The number of ether oxygens (including phenoxy) is 1. The Hall–Kier alpha value is -3.16. The quantitative estimate of drug-likeness (QED) is 0.865. The number of amides is 2. The van der Waals surface area contributed by atoms with Gasteiger partial charge < -0.3 is 19.5 Å². The predicted molar refractivity (Wildman–Crippen MR) is 103 cm³/mol. The number of piperazine rings is 1. The molecule has 1 saturated heterocycles. The van der Waals surface area contributed by atoms with Gasteiger partial charge in [-0.15, -0.1) is 0 Å². The fourth-order valence-corrected chi connectivity index (χ4v) is 3.46. The molecule has 2 aromatic rings. The first-order valence-corrected chi connectivity index (χ1v) is 9.35. The predicted octanol–water partition coefficient (Wildman–Crippen LogP) is 1.53. The summed E-state index contributed by atoms with van der Waals surface area (Å²) in [6.45, 7) is 2.34. The highest BCUT2D eigenvalue weighted by Crippen LogP contribution is 2.37. The Morgan fingerprint density at radius 2 is 2.04 bits per heavy atom. The van der Waals surface area contributed by atoms with Crippen LogP contribution in [0, 0.1) is 0 Å². The number of H-pyrrole nitrogens is 1. The number of aromatic amines is 1. The number of hydrogen-bond acceptors (Lipinski definition) is 5. The molecule has 2 amide bonds. The first-order chi connectivity index (χ1) is 13.5. The van der Waals surface area contributed by atoms with Crippen LogP contribution in [-0.4, -0.2) is 52.9 Å². The van der Waals surface area contributed by atoms with Gasteiger partial charge in [-0.2, -0.15) is 0 Å². The summed E-state index contributed by atoms with van der Waals surface area (Å²) in [7, 11) is 1.57. The smallest absolute Gasteiger partial charge is 0.263 e. The van der Waals surface area contributed by atoms with Gasteiger partial charge in [-0.25, -0.2) is 4.98 Å². The van der Waals surface area contributed by atoms with Crippen LogP contribution in [0.1, 0.15) is 41.9 Å². The second-order valence-corrected chi connectivity index (χ2v) is 7.15. The monoisotopic (exact) mass is 382 g/mol. The molecule has 1 unspecified atom stereocenters. The van der Waals surface area contributed by atoms with Gasteiger partial charge in [0.15, 0.2) is 0 Å². The number of aromatic nitrogens is 2. The van der Waals surface area contributed by atoms with Crippen molar-refractivity contribution in [2.45, 2.75) is 31.7 Å². The minimum Gasteiger partial charge on any atom is -0.497 e. The Bertz CT molecular complexity index is 982. The maximum Gasteiger partial charge on any atom is 0.263 e. The van der Waals surface area contributed by atoms with Gasteiger partial charge in [-0.3, -0.25) is 14.4 Å². The number of hydrogen-bond donors (Lipinski definition) is 1. The van der Waals surface area contributed by atoms with E-state index in [0.717, 1.165) is 18.5 Å². The molecule has 2 fully saturated rings. The molecule has 8 heteroatoms. The molecule has 1 aromatic heterocycles. The van der Waals surface area contributed by atoms with Crippen molar-refractivity contribution in [3.63, 3.8) is 0 Å². The van der Waals surface area contributed by atoms with Crippen LogP contribution in [0.15, 0.2) is 35.3 Å². The normalized spacial score (nSPS) is 19.6. The zero-order valence-corrected chi connectivity index (χ0v) is 15.8. The Kier molecular flexibility index (Phi) is 4.62. The lowest BCUT2D eigenvalue weighted by atomic mass is 10.1. The molecule has 2 aliphatic rings. The molecule has 4 rings (SSSR count). The first-order valence-electron chi connectivity index (χ1n) is 9.35. The van der Waals surface area contributed by atoms with Crippen molar-refractivity contribution in [1.82, 2.24) is 14.9 Å². The fourth-order valence-electron chi connectivity index (χ4n) is 3.46. The Morgan fingerprint density at radius 1 is 1.25 bits per heavy atom. The second kappa shape index (κ2) is 7.10. The number of carbonyl (C=O) groups is 2. The molecule has 1 aliphatic heterocycles. The van der Waals surface area contributed by atoms with E-state index in [0.29, 0.717) is 30.6 Å². The van der Waals surface area contributed by atoms with Crippen LogP contribution in [0.3, 0.4) is 0 Å². The van der Waals surface area contributed by atoms with Crippen LogP contribution < -0.4 is 15.2 Å². The van der Waals surface area contributed by atoms with Crippen LogP contribution in [0.4, 0.5) is 5.69 Å². The van der Waals surface area contributed by atoms with Crippen LogP contribution >= 0.6 is 0 Å². The molecule has 8 nitrogen and oxygen atoms in total. The van der Waals surface area contributed by atoms with Crippen molar-refractivity contribution in [1.29, 1.82) is 0 Å². The van der Waals surface area contributed by atoms with Crippen LogP contribution in [0.25, 0.3) is 0 Å². The molecule has 0 radical (unpaired) electrons. The number of nitrogens with one attached hydrogen (secondary N) is 1. The van der Waals surface area contributed by atoms with Gasteiger partial charge in [0.05, 0.1) is 7.11 Å². The minimum absolute atomic E-state index is 0.0288. The van der Waals surface area contributed by atoms with Crippen molar-refractivity contribution in [3.8, 4) is 5.75 Å². The summed E-state index contributed by atoms with van der Waals surface area (Å²) in [4.78, 5) is 48.1. The number of methoxy groups -OCH3 is 1. The van der Waals surface area contributed by atoms with Crippen molar-refractivity contribution in [2.24, 2.45) is 0 Å². The second-order valence-electron chi connectivity index (χ2n) is 7.15. The summed E-state index contributed by atoms with van der Waals surface area (Å²) in [6.07, 6.45) is 3.35. The van der Waals surface area contributed by atoms with Crippen molar-refractivity contribution < 1.29 is 14.3 Å². The average Bonchev–Trinajstić information content (AvgIpc) is 3.55. The van der Waals surface area contributed by atoms with Crippen molar-refractivity contribution >= 4 is 17.5 Å². The zero-order valence-electron chi connectivity index (χ0n) is 15.8. The number of anilines is 1. The molecule has 28 heavy (non-hydrogen) atoms. The van der Waals surface area contributed by atoms with Crippen molar-refractivity contribution in [3.05, 3.63) is 52.2 Å². The Balaban J connectivity index is 1.53. The Labute approximate surface area is 162 Å². The highest BCUT2D eigenvalue weighted by molar-refractivity contribution is 6.03. The fraction of sp³-hybridized carbons (Fsp3) is 0.400. The van der Waals surface area contributed by atoms with Gasteiger partial charge in [-0.05, 0) is 31.9 Å². The van der Waals surface area contributed by atoms with E-state index in [-0.39, 0.29) is 11.5 Å². The highest BCUT2D eigenvalue weighted by atomic mass is 16.5. The summed E-state index contributed by atoms with van der Waals surface area (Å²) in [5.74, 6) is 0.913. The molecule has 0 bridgehead atoms. The lowest BCUT2D eigenvalue weighted by Gasteiger charge is -2.39. The van der Waals surface area contributed by atoms with E-state index in [4.69, 9.17) is 4.74 Å². The third-order valence-electron chi connectivity index (χ3n) is 5.29. The molecule has 1 aromatic carbocycles. The summed E-state index contributed by atoms with van der Waals surface area (Å²) >= 11 is 0. The summed E-state index contributed by atoms with van der Waals surface area (Å²) in [6, 6.07) is 6.55. The largest absolute Gasteiger partial charge is 0.497 e. The molecular weight excluding hydrogens is 360 g/mol. The van der Waals surface area contributed by atoms with E-state index in [2.05, 4.69) is 9.97 Å². The molecular formula is C20H22N4O4. The molecule has 2 heterocycles. The van der Waals surface area contributed by atoms with Gasteiger partial charge in [-0.1, -0.05) is 6.07 Å². The number of carbonyl (C=O) groups excluding carboxylic acids is 2. The number of nitrogens with zero attached hydrogens (tertiary/aromatic N) is 3. The van der Waals surface area contributed by atoms with Crippen LogP contribution in [0.2, 0.25) is 0 Å². The molecule has 1 aliphatic carbocycles. The van der Waals surface area contributed by atoms with Gasteiger partial charge >= 0.3 is 0 Å². The summed E-state index contributed by atoms with van der Waals surface area (Å²) in [5, 5.41) is 0. The zero-order chi connectivity index (χ0) is 19.8. The SMILES string of the molecule is COc1cccc(N2CCN(C(=O)c3cnc(C4CC4)[nH]c3=O)C(C)C2=O)c1. The first kappa shape index (κ1) is 18.2. The maximum atomic E-state index is 12.9. The molecule has 0 spiro atoms. The minimum atomic E-state index is -0.685. The van der Waals surface area contributed by atoms with E-state index < -0.39 is 17.5 Å². The van der Waals surface area contributed by atoms with E-state index in [9.17, 15) is 14.4 Å². The topological polar surface area (TPSA) is 95.6 Å². The summed E-state index contributed by atoms with van der Waals surface area (Å²) in [5.41, 5.74) is 0.243. The molecule has 146 valence electrons. The van der Waals surface area contributed by atoms with Gasteiger partial charge in [0.25, 0.3) is 11.5 Å². The van der Waals surface area contributed by atoms with Crippen LogP contribution in [-0.2, 0) is 4.79 Å². The highest BCUT2D eigenvalue weighted by Gasteiger charge is 2.36. The lowest BCUT2D eigenvalue weighted by molar-refractivity contribution is -0.124. The van der Waals surface area contributed by atoms with Gasteiger partial charge in [0, 0.05) is 37.0 Å².